The molecule has 1 aliphatic carbocycles. The van der Waals surface area contributed by atoms with Crippen LogP contribution in [0.15, 0.2) is 6.20 Å². The molecule has 1 aromatic heterocycles. The summed E-state index contributed by atoms with van der Waals surface area (Å²) in [4.78, 5) is 10.5. The molecule has 0 atom stereocenters. The highest BCUT2D eigenvalue weighted by molar-refractivity contribution is 5.66. The number of hydrogen-bond acceptors (Lipinski definition) is 3. The van der Waals surface area contributed by atoms with Crippen LogP contribution in [0, 0.1) is 5.92 Å². The third-order valence-electron chi connectivity index (χ3n) is 3.45. The molecule has 0 bridgehead atoms. The molecule has 0 saturated heterocycles. The minimum atomic E-state index is -0.768. The topological polar surface area (TPSA) is 68.0 Å². The highest BCUT2D eigenvalue weighted by Crippen LogP contribution is 2.25. The third kappa shape index (κ3) is 3.54. The zero-order valence-corrected chi connectivity index (χ0v) is 10.0. The zero-order valence-electron chi connectivity index (χ0n) is 10.0. The van der Waals surface area contributed by atoms with E-state index < -0.39 is 5.97 Å². The van der Waals surface area contributed by atoms with Crippen LogP contribution in [-0.4, -0.2) is 26.1 Å². The van der Waals surface area contributed by atoms with Gasteiger partial charge in [0.25, 0.3) is 0 Å². The van der Waals surface area contributed by atoms with Crippen molar-refractivity contribution in [3.63, 3.8) is 0 Å². The fourth-order valence-electron chi connectivity index (χ4n) is 2.48. The lowest BCUT2D eigenvalue weighted by atomic mass is 9.89. The van der Waals surface area contributed by atoms with E-state index in [2.05, 4.69) is 10.3 Å². The normalized spacial score (nSPS) is 17.2. The number of carboxylic acids is 1. The van der Waals surface area contributed by atoms with Crippen molar-refractivity contribution < 1.29 is 9.90 Å². The number of aliphatic carboxylic acids is 1. The molecule has 17 heavy (non-hydrogen) atoms. The molecule has 1 aromatic rings. The number of rotatable bonds is 5. The Kier molecular flexibility index (Phi) is 4.12. The van der Waals surface area contributed by atoms with Gasteiger partial charge in [-0.15, -0.1) is 5.10 Å². The molecule has 0 unspecified atom stereocenters. The first-order valence-electron chi connectivity index (χ1n) is 6.35. The molecule has 0 amide bonds. The van der Waals surface area contributed by atoms with Crippen molar-refractivity contribution >= 4 is 5.97 Å². The number of carboxylic acid groups (broad SMARTS) is 1. The van der Waals surface area contributed by atoms with Crippen LogP contribution in [0.1, 0.15) is 44.2 Å². The van der Waals surface area contributed by atoms with E-state index in [1.165, 1.54) is 32.1 Å². The van der Waals surface area contributed by atoms with Crippen molar-refractivity contribution in [2.75, 3.05) is 0 Å². The molecule has 94 valence electrons. The molecule has 1 N–H and O–H groups in total. The van der Waals surface area contributed by atoms with Gasteiger partial charge in [0.2, 0.25) is 0 Å². The Morgan fingerprint density at radius 1 is 1.41 bits per heavy atom. The lowest BCUT2D eigenvalue weighted by molar-refractivity contribution is -0.136. The molecule has 0 aliphatic heterocycles. The second-order valence-corrected chi connectivity index (χ2v) is 4.81. The predicted octanol–water partition coefficient (Wildman–Crippen LogP) is 1.88. The Labute approximate surface area is 101 Å². The molecule has 5 nitrogen and oxygen atoms in total. The number of aryl methyl sites for hydroxylation is 1. The lowest BCUT2D eigenvalue weighted by Crippen LogP contribution is -2.17. The van der Waals surface area contributed by atoms with Crippen molar-refractivity contribution in [1.82, 2.24) is 15.0 Å². The highest BCUT2D eigenvalue weighted by atomic mass is 16.4. The van der Waals surface area contributed by atoms with Gasteiger partial charge in [-0.3, -0.25) is 4.79 Å². The van der Waals surface area contributed by atoms with E-state index in [1.54, 1.807) is 6.20 Å². The van der Waals surface area contributed by atoms with Crippen LogP contribution < -0.4 is 0 Å². The molecule has 0 radical (unpaired) electrons. The average Bonchev–Trinajstić information content (AvgIpc) is 2.75. The maximum atomic E-state index is 10.5. The molecule has 1 heterocycles. The summed E-state index contributed by atoms with van der Waals surface area (Å²) in [7, 11) is 0. The van der Waals surface area contributed by atoms with Gasteiger partial charge in [0.15, 0.2) is 0 Å². The van der Waals surface area contributed by atoms with E-state index in [-0.39, 0.29) is 6.42 Å². The van der Waals surface area contributed by atoms with E-state index in [0.29, 0.717) is 12.3 Å². The van der Waals surface area contributed by atoms with Crippen LogP contribution in [0.2, 0.25) is 0 Å². The Balaban J connectivity index is 1.91. The molecular weight excluding hydrogens is 218 g/mol. The first-order chi connectivity index (χ1) is 8.25. The Morgan fingerprint density at radius 2 is 2.18 bits per heavy atom. The molecule has 1 aliphatic rings. The van der Waals surface area contributed by atoms with Crippen molar-refractivity contribution in [3.8, 4) is 0 Å². The minimum absolute atomic E-state index is 0.151. The first kappa shape index (κ1) is 12.1. The SMILES string of the molecule is O=C(O)CCc1cnnn1CC1CCCCC1. The van der Waals surface area contributed by atoms with E-state index in [1.807, 2.05) is 4.68 Å². The van der Waals surface area contributed by atoms with Crippen LogP contribution in [0.25, 0.3) is 0 Å². The zero-order chi connectivity index (χ0) is 12.1. The Morgan fingerprint density at radius 3 is 2.88 bits per heavy atom. The van der Waals surface area contributed by atoms with Gasteiger partial charge < -0.3 is 5.11 Å². The average molecular weight is 237 g/mol. The summed E-state index contributed by atoms with van der Waals surface area (Å²) < 4.78 is 1.89. The first-order valence-corrected chi connectivity index (χ1v) is 6.35. The van der Waals surface area contributed by atoms with E-state index in [0.717, 1.165) is 12.2 Å². The molecule has 0 spiro atoms. The number of hydrogen-bond donors (Lipinski definition) is 1. The molecule has 5 heteroatoms. The lowest BCUT2D eigenvalue weighted by Gasteiger charge is -2.21. The summed E-state index contributed by atoms with van der Waals surface area (Å²) in [6.07, 6.45) is 8.85. The van der Waals surface area contributed by atoms with Gasteiger partial charge in [-0.1, -0.05) is 24.5 Å². The van der Waals surface area contributed by atoms with Gasteiger partial charge in [-0.2, -0.15) is 0 Å². The van der Waals surface area contributed by atoms with Crippen molar-refractivity contribution in [2.45, 2.75) is 51.5 Å². The Bertz CT molecular complexity index is 370. The predicted molar refractivity (Wildman–Crippen MR) is 62.6 cm³/mol. The third-order valence-corrected chi connectivity index (χ3v) is 3.45. The summed E-state index contributed by atoms with van der Waals surface area (Å²) in [5, 5.41) is 16.6. The van der Waals surface area contributed by atoms with Crippen LogP contribution in [0.5, 0.6) is 0 Å². The molecule has 0 aromatic carbocycles. The number of aromatic nitrogens is 3. The number of nitrogens with zero attached hydrogens (tertiary/aromatic N) is 3. The van der Waals surface area contributed by atoms with Crippen LogP contribution in [0.4, 0.5) is 0 Å². The Hall–Kier alpha value is -1.39. The van der Waals surface area contributed by atoms with Crippen LogP contribution in [-0.2, 0) is 17.8 Å². The minimum Gasteiger partial charge on any atom is -0.481 e. The van der Waals surface area contributed by atoms with E-state index >= 15 is 0 Å². The van der Waals surface area contributed by atoms with Gasteiger partial charge in [-0.25, -0.2) is 4.68 Å². The number of carbonyl (C=O) groups is 1. The summed E-state index contributed by atoms with van der Waals surface area (Å²) in [6, 6.07) is 0. The summed E-state index contributed by atoms with van der Waals surface area (Å²) >= 11 is 0. The quantitative estimate of drug-likeness (QED) is 0.849. The largest absolute Gasteiger partial charge is 0.481 e. The molecule has 1 saturated carbocycles. The summed E-state index contributed by atoms with van der Waals surface area (Å²) in [5.41, 5.74) is 0.943. The van der Waals surface area contributed by atoms with Crippen molar-refractivity contribution in [1.29, 1.82) is 0 Å². The highest BCUT2D eigenvalue weighted by Gasteiger charge is 2.16. The summed E-state index contributed by atoms with van der Waals surface area (Å²) in [6.45, 7) is 0.898. The van der Waals surface area contributed by atoms with Gasteiger partial charge in [-0.05, 0) is 18.8 Å². The standard InChI is InChI=1S/C12H19N3O2/c16-12(17)7-6-11-8-13-14-15(11)9-10-4-2-1-3-5-10/h8,10H,1-7,9H2,(H,16,17). The van der Waals surface area contributed by atoms with Crippen molar-refractivity contribution in [3.05, 3.63) is 11.9 Å². The van der Waals surface area contributed by atoms with Gasteiger partial charge >= 0.3 is 5.97 Å². The molecular formula is C12H19N3O2. The monoisotopic (exact) mass is 237 g/mol. The summed E-state index contributed by atoms with van der Waals surface area (Å²) in [5.74, 6) is -0.0792. The maximum Gasteiger partial charge on any atom is 0.303 e. The second kappa shape index (κ2) is 5.80. The van der Waals surface area contributed by atoms with Crippen LogP contribution in [0.3, 0.4) is 0 Å². The maximum absolute atomic E-state index is 10.5. The smallest absolute Gasteiger partial charge is 0.303 e. The molecule has 1 fully saturated rings. The van der Waals surface area contributed by atoms with Gasteiger partial charge in [0.05, 0.1) is 18.3 Å². The van der Waals surface area contributed by atoms with E-state index in [9.17, 15) is 4.79 Å². The fraction of sp³-hybridized carbons (Fsp3) is 0.750. The van der Waals surface area contributed by atoms with Crippen molar-refractivity contribution in [2.24, 2.45) is 5.92 Å². The van der Waals surface area contributed by atoms with Crippen LogP contribution >= 0.6 is 0 Å². The second-order valence-electron chi connectivity index (χ2n) is 4.81. The van der Waals surface area contributed by atoms with Gasteiger partial charge in [0.1, 0.15) is 0 Å². The fourth-order valence-corrected chi connectivity index (χ4v) is 2.48. The van der Waals surface area contributed by atoms with E-state index in [4.69, 9.17) is 5.11 Å². The molecule has 2 rings (SSSR count). The van der Waals surface area contributed by atoms with Gasteiger partial charge in [0, 0.05) is 13.0 Å².